The van der Waals surface area contributed by atoms with Crippen LogP contribution in [-0.2, 0) is 14.8 Å². The summed E-state index contributed by atoms with van der Waals surface area (Å²) in [6.07, 6.45) is 5.99. The number of rotatable bonds is 7. The number of carbonyl (C=O) groups is 1. The van der Waals surface area contributed by atoms with Crippen LogP contribution >= 0.6 is 0 Å². The van der Waals surface area contributed by atoms with E-state index in [0.717, 1.165) is 25.7 Å². The van der Waals surface area contributed by atoms with Crippen LogP contribution in [0.1, 0.15) is 45.4 Å². The van der Waals surface area contributed by atoms with Crippen LogP contribution < -0.4 is 5.48 Å². The van der Waals surface area contributed by atoms with E-state index in [4.69, 9.17) is 5.21 Å². The van der Waals surface area contributed by atoms with Gasteiger partial charge in [-0.1, -0.05) is 26.2 Å². The molecule has 1 amide bonds. The second-order valence-electron chi connectivity index (χ2n) is 5.15. The molecule has 0 aromatic carbocycles. The van der Waals surface area contributed by atoms with Gasteiger partial charge in [0.1, 0.15) is 0 Å². The standard InChI is InChI=1S/C12H24N2O4S/c1-2-8-19(17,18)14(10-12(15)13-16)9-11-6-4-3-5-7-11/h11,16H,2-10H2,1H3,(H,13,15). The largest absolute Gasteiger partial charge is 0.289 e. The van der Waals surface area contributed by atoms with Crippen molar-refractivity contribution in [3.63, 3.8) is 0 Å². The molecule has 0 bridgehead atoms. The summed E-state index contributed by atoms with van der Waals surface area (Å²) in [7, 11) is -3.42. The van der Waals surface area contributed by atoms with E-state index in [1.54, 1.807) is 6.92 Å². The SMILES string of the molecule is CCCS(=O)(=O)N(CC(=O)NO)CC1CCCCC1. The van der Waals surface area contributed by atoms with Gasteiger partial charge in [-0.05, 0) is 25.2 Å². The van der Waals surface area contributed by atoms with Crippen molar-refractivity contribution < 1.29 is 18.4 Å². The number of nitrogens with zero attached hydrogens (tertiary/aromatic N) is 1. The van der Waals surface area contributed by atoms with E-state index in [9.17, 15) is 13.2 Å². The molecular weight excluding hydrogens is 268 g/mol. The Kier molecular flexibility index (Phi) is 6.74. The first-order valence-corrected chi connectivity index (χ1v) is 8.51. The Morgan fingerprint density at radius 1 is 1.32 bits per heavy atom. The molecule has 0 saturated heterocycles. The third kappa shape index (κ3) is 5.46. The molecule has 1 saturated carbocycles. The molecular formula is C12H24N2O4S. The fraction of sp³-hybridized carbons (Fsp3) is 0.917. The molecule has 19 heavy (non-hydrogen) atoms. The van der Waals surface area contributed by atoms with Gasteiger partial charge >= 0.3 is 0 Å². The molecule has 1 fully saturated rings. The molecule has 0 aromatic heterocycles. The van der Waals surface area contributed by atoms with E-state index >= 15 is 0 Å². The Morgan fingerprint density at radius 3 is 2.47 bits per heavy atom. The maximum atomic E-state index is 12.1. The lowest BCUT2D eigenvalue weighted by atomic mass is 9.89. The van der Waals surface area contributed by atoms with Gasteiger partial charge in [0.2, 0.25) is 10.0 Å². The quantitative estimate of drug-likeness (QED) is 0.543. The average molecular weight is 292 g/mol. The minimum absolute atomic E-state index is 0.0401. The summed E-state index contributed by atoms with van der Waals surface area (Å²) in [5, 5.41) is 8.56. The van der Waals surface area contributed by atoms with Crippen molar-refractivity contribution in [2.75, 3.05) is 18.8 Å². The Hall–Kier alpha value is -0.660. The molecule has 0 spiro atoms. The van der Waals surface area contributed by atoms with E-state index in [1.807, 2.05) is 0 Å². The van der Waals surface area contributed by atoms with Gasteiger partial charge in [0.25, 0.3) is 5.91 Å². The second-order valence-corrected chi connectivity index (χ2v) is 7.24. The van der Waals surface area contributed by atoms with Crippen LogP contribution in [0.4, 0.5) is 0 Å². The highest BCUT2D eigenvalue weighted by atomic mass is 32.2. The molecule has 2 N–H and O–H groups in total. The summed E-state index contributed by atoms with van der Waals surface area (Å²) >= 11 is 0. The Balaban J connectivity index is 2.70. The van der Waals surface area contributed by atoms with Gasteiger partial charge in [-0.2, -0.15) is 4.31 Å². The van der Waals surface area contributed by atoms with E-state index < -0.39 is 15.9 Å². The molecule has 7 heteroatoms. The molecule has 0 unspecified atom stereocenters. The molecule has 1 aliphatic carbocycles. The number of carbonyl (C=O) groups excluding carboxylic acids is 1. The predicted octanol–water partition coefficient (Wildman–Crippen LogP) is 1.11. The number of hydroxylamine groups is 1. The fourth-order valence-electron chi connectivity index (χ4n) is 2.52. The Bertz CT molecular complexity index is 377. The van der Waals surface area contributed by atoms with Gasteiger partial charge in [-0.15, -0.1) is 0 Å². The monoisotopic (exact) mass is 292 g/mol. The summed E-state index contributed by atoms with van der Waals surface area (Å²) in [6.45, 7) is 1.88. The molecule has 1 rings (SSSR count). The van der Waals surface area contributed by atoms with E-state index in [1.165, 1.54) is 16.2 Å². The lowest BCUT2D eigenvalue weighted by Gasteiger charge is -2.28. The van der Waals surface area contributed by atoms with Gasteiger partial charge in [0.15, 0.2) is 0 Å². The van der Waals surface area contributed by atoms with Crippen molar-refractivity contribution in [2.45, 2.75) is 45.4 Å². The lowest BCUT2D eigenvalue weighted by Crippen LogP contribution is -2.43. The molecule has 0 radical (unpaired) electrons. The summed E-state index contributed by atoms with van der Waals surface area (Å²) in [4.78, 5) is 11.2. The zero-order valence-corrected chi connectivity index (χ0v) is 12.3. The second kappa shape index (κ2) is 7.81. The van der Waals surface area contributed by atoms with Crippen LogP contribution in [0.3, 0.4) is 0 Å². The van der Waals surface area contributed by atoms with E-state index in [2.05, 4.69) is 0 Å². The van der Waals surface area contributed by atoms with Crippen LogP contribution in [-0.4, -0.2) is 42.7 Å². The zero-order chi connectivity index (χ0) is 14.3. The van der Waals surface area contributed by atoms with Gasteiger partial charge in [-0.3, -0.25) is 10.0 Å². The van der Waals surface area contributed by atoms with Gasteiger partial charge in [0.05, 0.1) is 12.3 Å². The first kappa shape index (κ1) is 16.4. The number of nitrogens with one attached hydrogen (secondary N) is 1. The lowest BCUT2D eigenvalue weighted by molar-refractivity contribution is -0.129. The summed E-state index contributed by atoms with van der Waals surface area (Å²) in [5.41, 5.74) is 1.50. The third-order valence-electron chi connectivity index (χ3n) is 3.49. The van der Waals surface area contributed by atoms with Crippen LogP contribution in [0.2, 0.25) is 0 Å². The summed E-state index contributed by atoms with van der Waals surface area (Å²) < 4.78 is 25.5. The van der Waals surface area contributed by atoms with Gasteiger partial charge in [-0.25, -0.2) is 13.9 Å². The minimum atomic E-state index is -3.42. The number of sulfonamides is 1. The smallest absolute Gasteiger partial charge is 0.258 e. The normalized spacial score (nSPS) is 17.6. The molecule has 0 heterocycles. The van der Waals surface area contributed by atoms with Crippen molar-refractivity contribution >= 4 is 15.9 Å². The van der Waals surface area contributed by atoms with Gasteiger partial charge < -0.3 is 0 Å². The number of amides is 1. The van der Waals surface area contributed by atoms with Crippen LogP contribution in [0.25, 0.3) is 0 Å². The minimum Gasteiger partial charge on any atom is -0.289 e. The molecule has 0 atom stereocenters. The summed E-state index contributed by atoms with van der Waals surface area (Å²) in [6, 6.07) is 0. The molecule has 0 aromatic rings. The van der Waals surface area contributed by atoms with Crippen molar-refractivity contribution in [2.24, 2.45) is 5.92 Å². The van der Waals surface area contributed by atoms with Crippen LogP contribution in [0.15, 0.2) is 0 Å². The molecule has 1 aliphatic rings. The Morgan fingerprint density at radius 2 is 1.95 bits per heavy atom. The fourth-order valence-corrected chi connectivity index (χ4v) is 4.04. The maximum Gasteiger partial charge on any atom is 0.258 e. The first-order chi connectivity index (χ1) is 8.99. The summed E-state index contributed by atoms with van der Waals surface area (Å²) in [5.74, 6) is -0.319. The highest BCUT2D eigenvalue weighted by Crippen LogP contribution is 2.25. The topological polar surface area (TPSA) is 86.7 Å². The average Bonchev–Trinajstić information content (AvgIpc) is 2.39. The van der Waals surface area contributed by atoms with Crippen molar-refractivity contribution in [3.8, 4) is 0 Å². The molecule has 0 aliphatic heterocycles. The van der Waals surface area contributed by atoms with Gasteiger partial charge in [0, 0.05) is 6.54 Å². The maximum absolute atomic E-state index is 12.1. The third-order valence-corrected chi connectivity index (χ3v) is 5.48. The highest BCUT2D eigenvalue weighted by Gasteiger charge is 2.27. The Labute approximate surface area is 115 Å². The first-order valence-electron chi connectivity index (χ1n) is 6.90. The van der Waals surface area contributed by atoms with Crippen molar-refractivity contribution in [3.05, 3.63) is 0 Å². The van der Waals surface area contributed by atoms with Crippen molar-refractivity contribution in [1.29, 1.82) is 0 Å². The van der Waals surface area contributed by atoms with E-state index in [0.29, 0.717) is 18.9 Å². The van der Waals surface area contributed by atoms with E-state index in [-0.39, 0.29) is 12.3 Å². The zero-order valence-electron chi connectivity index (χ0n) is 11.5. The number of hydrogen-bond donors (Lipinski definition) is 2. The molecule has 112 valence electrons. The predicted molar refractivity (Wildman–Crippen MR) is 72.2 cm³/mol. The van der Waals surface area contributed by atoms with Crippen LogP contribution in [0, 0.1) is 5.92 Å². The molecule has 6 nitrogen and oxygen atoms in total. The van der Waals surface area contributed by atoms with Crippen LogP contribution in [0.5, 0.6) is 0 Å². The highest BCUT2D eigenvalue weighted by molar-refractivity contribution is 7.89. The van der Waals surface area contributed by atoms with Crippen molar-refractivity contribution in [1.82, 2.24) is 9.79 Å². The number of hydrogen-bond acceptors (Lipinski definition) is 4.